The van der Waals surface area contributed by atoms with Crippen LogP contribution >= 0.6 is 0 Å². The lowest BCUT2D eigenvalue weighted by Crippen LogP contribution is -1.94. The van der Waals surface area contributed by atoms with Crippen LogP contribution < -0.4 is 0 Å². The van der Waals surface area contributed by atoms with Gasteiger partial charge in [-0.2, -0.15) is 0 Å². The van der Waals surface area contributed by atoms with E-state index < -0.39 is 5.97 Å². The summed E-state index contributed by atoms with van der Waals surface area (Å²) in [5, 5.41) is 10.00. The van der Waals surface area contributed by atoms with Crippen LogP contribution in [0, 0.1) is 13.8 Å². The third-order valence-corrected chi connectivity index (χ3v) is 2.88. The molecule has 0 fully saturated rings. The first kappa shape index (κ1) is 10.7. The number of carbonyl (C=O) groups is 1. The van der Waals surface area contributed by atoms with Gasteiger partial charge in [0.25, 0.3) is 0 Å². The van der Waals surface area contributed by atoms with Crippen molar-refractivity contribution < 1.29 is 9.90 Å². The van der Waals surface area contributed by atoms with Crippen LogP contribution in [0.1, 0.15) is 28.4 Å². The van der Waals surface area contributed by atoms with E-state index in [1.807, 2.05) is 31.4 Å². The number of carboxylic acids is 1. The molecular weight excluding hydrogens is 202 g/mol. The summed E-state index contributed by atoms with van der Waals surface area (Å²) in [6.07, 6.45) is 1.72. The zero-order chi connectivity index (χ0) is 11.9. The molecule has 2 aromatic rings. The highest BCUT2D eigenvalue weighted by atomic mass is 16.4. The van der Waals surface area contributed by atoms with Gasteiger partial charge < -0.3 is 9.67 Å². The molecule has 0 aliphatic rings. The Hall–Kier alpha value is -1.77. The van der Waals surface area contributed by atoms with E-state index in [1.54, 1.807) is 6.20 Å². The Morgan fingerprint density at radius 3 is 2.62 bits per heavy atom. The van der Waals surface area contributed by atoms with Crippen molar-refractivity contribution in [2.24, 2.45) is 0 Å². The smallest absolute Gasteiger partial charge is 0.337 e. The van der Waals surface area contributed by atoms with E-state index in [0.29, 0.717) is 5.56 Å². The predicted molar refractivity (Wildman–Crippen MR) is 64.0 cm³/mol. The fraction of sp³-hybridized carbons (Fsp3) is 0.308. The number of benzene rings is 1. The normalized spacial score (nSPS) is 10.9. The zero-order valence-electron chi connectivity index (χ0n) is 9.74. The molecule has 1 aromatic heterocycles. The van der Waals surface area contributed by atoms with Crippen molar-refractivity contribution in [3.05, 3.63) is 35.0 Å². The number of aryl methyl sites for hydroxylation is 3. The van der Waals surface area contributed by atoms with Crippen LogP contribution in [-0.4, -0.2) is 15.6 Å². The van der Waals surface area contributed by atoms with Gasteiger partial charge in [-0.05, 0) is 32.4 Å². The molecular formula is C13H15NO2. The van der Waals surface area contributed by atoms with Gasteiger partial charge in [-0.25, -0.2) is 4.79 Å². The highest BCUT2D eigenvalue weighted by Gasteiger charge is 2.15. The molecule has 0 saturated carbocycles. The topological polar surface area (TPSA) is 42.2 Å². The molecule has 3 heteroatoms. The minimum atomic E-state index is -0.859. The van der Waals surface area contributed by atoms with Crippen LogP contribution in [0.15, 0.2) is 18.3 Å². The number of rotatable bonds is 2. The molecule has 0 saturated heterocycles. The summed E-state index contributed by atoms with van der Waals surface area (Å²) in [4.78, 5) is 11.2. The van der Waals surface area contributed by atoms with Crippen LogP contribution in [0.2, 0.25) is 0 Å². The molecule has 0 aliphatic heterocycles. The van der Waals surface area contributed by atoms with E-state index >= 15 is 0 Å². The Morgan fingerprint density at radius 2 is 2.06 bits per heavy atom. The molecule has 0 atom stereocenters. The molecule has 2 rings (SSSR count). The Morgan fingerprint density at radius 1 is 1.38 bits per heavy atom. The summed E-state index contributed by atoms with van der Waals surface area (Å²) in [5.74, 6) is -0.859. The van der Waals surface area contributed by atoms with E-state index in [0.717, 1.165) is 28.6 Å². The minimum Gasteiger partial charge on any atom is -0.478 e. The molecule has 1 aromatic carbocycles. The Balaban J connectivity index is 2.90. The molecule has 0 bridgehead atoms. The molecule has 0 radical (unpaired) electrons. The highest BCUT2D eigenvalue weighted by Crippen LogP contribution is 2.26. The molecule has 3 nitrogen and oxygen atoms in total. The maximum atomic E-state index is 11.2. The van der Waals surface area contributed by atoms with E-state index in [1.165, 1.54) is 0 Å². The van der Waals surface area contributed by atoms with E-state index in [-0.39, 0.29) is 0 Å². The Bertz CT molecular complexity index is 567. The van der Waals surface area contributed by atoms with E-state index in [9.17, 15) is 4.79 Å². The minimum absolute atomic E-state index is 0.392. The highest BCUT2D eigenvalue weighted by molar-refractivity contribution is 6.04. The third-order valence-electron chi connectivity index (χ3n) is 2.88. The van der Waals surface area contributed by atoms with Gasteiger partial charge >= 0.3 is 5.97 Å². The van der Waals surface area contributed by atoms with Crippen molar-refractivity contribution in [2.45, 2.75) is 27.3 Å². The monoisotopic (exact) mass is 217 g/mol. The van der Waals surface area contributed by atoms with E-state index in [4.69, 9.17) is 5.11 Å². The second kappa shape index (κ2) is 3.67. The average Bonchev–Trinajstić information content (AvgIpc) is 2.56. The number of carboxylic acid groups (broad SMARTS) is 1. The van der Waals surface area contributed by atoms with Crippen molar-refractivity contribution in [2.75, 3.05) is 0 Å². The third kappa shape index (κ3) is 1.48. The van der Waals surface area contributed by atoms with Crippen LogP contribution in [0.4, 0.5) is 0 Å². The number of hydrogen-bond acceptors (Lipinski definition) is 1. The quantitative estimate of drug-likeness (QED) is 0.840. The number of aromatic nitrogens is 1. The second-order valence-corrected chi connectivity index (χ2v) is 4.11. The molecule has 0 spiro atoms. The summed E-state index contributed by atoms with van der Waals surface area (Å²) >= 11 is 0. The molecule has 84 valence electrons. The van der Waals surface area contributed by atoms with Crippen molar-refractivity contribution in [1.82, 2.24) is 4.57 Å². The first-order chi connectivity index (χ1) is 7.54. The van der Waals surface area contributed by atoms with Crippen molar-refractivity contribution in [3.8, 4) is 0 Å². The maximum Gasteiger partial charge on any atom is 0.337 e. The summed E-state index contributed by atoms with van der Waals surface area (Å²) in [6.45, 7) is 6.81. The van der Waals surface area contributed by atoms with Gasteiger partial charge in [0.05, 0.1) is 11.1 Å². The summed E-state index contributed by atoms with van der Waals surface area (Å²) in [5.41, 5.74) is 3.65. The second-order valence-electron chi connectivity index (χ2n) is 4.11. The number of fused-ring (bicyclic) bond motifs is 1. The van der Waals surface area contributed by atoms with Gasteiger partial charge in [-0.1, -0.05) is 11.6 Å². The predicted octanol–water partition coefficient (Wildman–Crippen LogP) is 2.98. The van der Waals surface area contributed by atoms with Gasteiger partial charge in [0, 0.05) is 18.1 Å². The standard InChI is InChI=1S/C13H15NO2/c1-4-14-7-11(13(15)16)10-6-8(2)5-9(3)12(10)14/h5-7H,4H2,1-3H3,(H,15,16). The van der Waals surface area contributed by atoms with Gasteiger partial charge in [0.1, 0.15) is 0 Å². The van der Waals surface area contributed by atoms with Crippen molar-refractivity contribution in [1.29, 1.82) is 0 Å². The number of aromatic carboxylic acids is 1. The van der Waals surface area contributed by atoms with Crippen LogP contribution in [0.25, 0.3) is 10.9 Å². The largest absolute Gasteiger partial charge is 0.478 e. The first-order valence-corrected chi connectivity index (χ1v) is 5.38. The van der Waals surface area contributed by atoms with E-state index in [2.05, 4.69) is 6.07 Å². The Labute approximate surface area is 94.3 Å². The summed E-state index contributed by atoms with van der Waals surface area (Å²) in [6, 6.07) is 4.03. The fourth-order valence-electron chi connectivity index (χ4n) is 2.26. The van der Waals surface area contributed by atoms with Crippen LogP contribution in [0.3, 0.4) is 0 Å². The van der Waals surface area contributed by atoms with Gasteiger partial charge in [-0.15, -0.1) is 0 Å². The van der Waals surface area contributed by atoms with Crippen LogP contribution in [-0.2, 0) is 6.54 Å². The number of nitrogens with zero attached hydrogens (tertiary/aromatic N) is 1. The molecule has 0 unspecified atom stereocenters. The molecule has 0 aliphatic carbocycles. The molecule has 0 amide bonds. The summed E-state index contributed by atoms with van der Waals surface area (Å²) < 4.78 is 1.99. The fourth-order valence-corrected chi connectivity index (χ4v) is 2.26. The molecule has 1 heterocycles. The molecule has 16 heavy (non-hydrogen) atoms. The van der Waals surface area contributed by atoms with Crippen molar-refractivity contribution >= 4 is 16.9 Å². The van der Waals surface area contributed by atoms with Gasteiger partial charge in [-0.3, -0.25) is 0 Å². The average molecular weight is 217 g/mol. The van der Waals surface area contributed by atoms with Crippen molar-refractivity contribution in [3.63, 3.8) is 0 Å². The van der Waals surface area contributed by atoms with Crippen LogP contribution in [0.5, 0.6) is 0 Å². The zero-order valence-corrected chi connectivity index (χ0v) is 9.74. The first-order valence-electron chi connectivity index (χ1n) is 5.38. The summed E-state index contributed by atoms with van der Waals surface area (Å²) in [7, 11) is 0. The lowest BCUT2D eigenvalue weighted by atomic mass is 10.1. The lowest BCUT2D eigenvalue weighted by molar-refractivity contribution is 0.0699. The lowest BCUT2D eigenvalue weighted by Gasteiger charge is -2.05. The number of hydrogen-bond donors (Lipinski definition) is 1. The SMILES string of the molecule is CCn1cc(C(=O)O)c2cc(C)cc(C)c21. The molecule has 1 N–H and O–H groups in total. The van der Waals surface area contributed by atoms with Gasteiger partial charge in [0.2, 0.25) is 0 Å². The Kier molecular flexibility index (Phi) is 2.46. The van der Waals surface area contributed by atoms with Gasteiger partial charge in [0.15, 0.2) is 0 Å². The maximum absolute atomic E-state index is 11.2.